The first-order valence-corrected chi connectivity index (χ1v) is 6.31. The van der Waals surface area contributed by atoms with Gasteiger partial charge in [0.25, 0.3) is 5.69 Å². The van der Waals surface area contributed by atoms with Crippen LogP contribution in [-0.2, 0) is 0 Å². The molecular weight excluding hydrogens is 328 g/mol. The van der Waals surface area contributed by atoms with Crippen LogP contribution in [0.25, 0.3) is 0 Å². The Balaban J connectivity index is 2.44. The Morgan fingerprint density at radius 3 is 2.50 bits per heavy atom. The van der Waals surface area contributed by atoms with Crippen LogP contribution in [0.1, 0.15) is 10.4 Å². The fourth-order valence-corrected chi connectivity index (χ4v) is 2.01. The zero-order valence-corrected chi connectivity index (χ0v) is 11.6. The SMILES string of the molecule is O=C(O)c1ccc(Nc2ccccc2Br)c([N+](=O)[O-])c1. The molecule has 0 fully saturated rings. The zero-order valence-electron chi connectivity index (χ0n) is 10.0. The van der Waals surface area contributed by atoms with Crippen LogP contribution in [0, 0.1) is 10.1 Å². The minimum atomic E-state index is -1.21. The fourth-order valence-electron chi connectivity index (χ4n) is 1.63. The number of nitrogens with zero attached hydrogens (tertiary/aromatic N) is 1. The number of halogens is 1. The summed E-state index contributed by atoms with van der Waals surface area (Å²) in [5.41, 5.74) is 0.459. The van der Waals surface area contributed by atoms with Gasteiger partial charge in [0, 0.05) is 10.5 Å². The summed E-state index contributed by atoms with van der Waals surface area (Å²) in [5, 5.41) is 22.8. The second kappa shape index (κ2) is 5.70. The molecule has 6 nitrogen and oxygen atoms in total. The van der Waals surface area contributed by atoms with Gasteiger partial charge in [-0.15, -0.1) is 0 Å². The number of hydrogen-bond donors (Lipinski definition) is 2. The zero-order chi connectivity index (χ0) is 14.7. The Morgan fingerprint density at radius 2 is 1.90 bits per heavy atom. The van der Waals surface area contributed by atoms with E-state index in [1.54, 1.807) is 18.2 Å². The standard InChI is InChI=1S/C13H9BrN2O4/c14-9-3-1-2-4-10(9)15-11-6-5-8(13(17)18)7-12(11)16(19)20/h1-7,15H,(H,17,18). The number of aromatic carboxylic acids is 1. The molecule has 2 aromatic carbocycles. The number of nitro benzene ring substituents is 1. The number of carboxylic acids is 1. The number of hydrogen-bond acceptors (Lipinski definition) is 4. The number of nitrogens with one attached hydrogen (secondary N) is 1. The Hall–Kier alpha value is -2.41. The topological polar surface area (TPSA) is 92.5 Å². The van der Waals surface area contributed by atoms with E-state index in [0.29, 0.717) is 5.69 Å². The number of nitro groups is 1. The van der Waals surface area contributed by atoms with E-state index in [9.17, 15) is 14.9 Å². The van der Waals surface area contributed by atoms with E-state index in [0.717, 1.165) is 10.5 Å². The van der Waals surface area contributed by atoms with E-state index >= 15 is 0 Å². The quantitative estimate of drug-likeness (QED) is 0.654. The van der Waals surface area contributed by atoms with E-state index in [2.05, 4.69) is 21.2 Å². The molecular formula is C13H9BrN2O4. The van der Waals surface area contributed by atoms with Crippen LogP contribution < -0.4 is 5.32 Å². The predicted molar refractivity (Wildman–Crippen MR) is 77.5 cm³/mol. The molecule has 0 atom stereocenters. The smallest absolute Gasteiger partial charge is 0.335 e. The van der Waals surface area contributed by atoms with Crippen molar-refractivity contribution in [3.05, 3.63) is 62.6 Å². The normalized spacial score (nSPS) is 10.1. The van der Waals surface area contributed by atoms with Crippen LogP contribution in [-0.4, -0.2) is 16.0 Å². The van der Waals surface area contributed by atoms with E-state index in [1.807, 2.05) is 6.07 Å². The molecule has 2 rings (SSSR count). The van der Waals surface area contributed by atoms with Gasteiger partial charge < -0.3 is 10.4 Å². The van der Waals surface area contributed by atoms with Gasteiger partial charge in [0.2, 0.25) is 0 Å². The number of anilines is 2. The molecule has 0 spiro atoms. The maximum Gasteiger partial charge on any atom is 0.335 e. The van der Waals surface area contributed by atoms with Crippen molar-refractivity contribution in [1.29, 1.82) is 0 Å². The van der Waals surface area contributed by atoms with Crippen molar-refractivity contribution in [3.8, 4) is 0 Å². The maximum absolute atomic E-state index is 11.0. The van der Waals surface area contributed by atoms with Gasteiger partial charge >= 0.3 is 5.97 Å². The first kappa shape index (κ1) is 14.0. The highest BCUT2D eigenvalue weighted by molar-refractivity contribution is 9.10. The minimum absolute atomic E-state index is 0.130. The van der Waals surface area contributed by atoms with Crippen molar-refractivity contribution in [2.24, 2.45) is 0 Å². The molecule has 0 radical (unpaired) electrons. The largest absolute Gasteiger partial charge is 0.478 e. The van der Waals surface area contributed by atoms with Gasteiger partial charge in [0.05, 0.1) is 16.2 Å². The Kier molecular flexibility index (Phi) is 3.99. The van der Waals surface area contributed by atoms with Crippen molar-refractivity contribution in [2.75, 3.05) is 5.32 Å². The van der Waals surface area contributed by atoms with Crippen molar-refractivity contribution < 1.29 is 14.8 Å². The second-order valence-corrected chi connectivity index (χ2v) is 4.75. The predicted octanol–water partition coefficient (Wildman–Crippen LogP) is 3.80. The number of benzene rings is 2. The lowest BCUT2D eigenvalue weighted by atomic mass is 10.1. The van der Waals surface area contributed by atoms with E-state index in [4.69, 9.17) is 5.11 Å². The molecule has 0 aliphatic carbocycles. The van der Waals surface area contributed by atoms with E-state index in [1.165, 1.54) is 12.1 Å². The van der Waals surface area contributed by atoms with Crippen molar-refractivity contribution >= 4 is 39.0 Å². The molecule has 7 heteroatoms. The Morgan fingerprint density at radius 1 is 1.20 bits per heavy atom. The number of para-hydroxylation sites is 1. The monoisotopic (exact) mass is 336 g/mol. The van der Waals surface area contributed by atoms with Crippen molar-refractivity contribution in [3.63, 3.8) is 0 Å². The van der Waals surface area contributed by atoms with Crippen LogP contribution in [0.3, 0.4) is 0 Å². The molecule has 0 heterocycles. The van der Waals surface area contributed by atoms with Gasteiger partial charge in [-0.05, 0) is 40.2 Å². The fraction of sp³-hybridized carbons (Fsp3) is 0. The van der Waals surface area contributed by atoms with Crippen molar-refractivity contribution in [2.45, 2.75) is 0 Å². The number of rotatable bonds is 4. The number of carboxylic acid groups (broad SMARTS) is 1. The summed E-state index contributed by atoms with van der Waals surface area (Å²) >= 11 is 3.33. The van der Waals surface area contributed by atoms with E-state index in [-0.39, 0.29) is 16.9 Å². The van der Waals surface area contributed by atoms with E-state index < -0.39 is 10.9 Å². The van der Waals surface area contributed by atoms with Gasteiger partial charge in [-0.25, -0.2) is 4.79 Å². The average Bonchev–Trinajstić information content (AvgIpc) is 2.41. The van der Waals surface area contributed by atoms with Gasteiger partial charge in [-0.3, -0.25) is 10.1 Å². The molecule has 20 heavy (non-hydrogen) atoms. The summed E-state index contributed by atoms with van der Waals surface area (Å²) in [6, 6.07) is 10.9. The summed E-state index contributed by atoms with van der Waals surface area (Å²) in [6.45, 7) is 0. The van der Waals surface area contributed by atoms with Crippen LogP contribution >= 0.6 is 15.9 Å². The molecule has 102 valence electrons. The Labute approximate surface area is 122 Å². The molecule has 0 aliphatic rings. The van der Waals surface area contributed by atoms with Gasteiger partial charge in [0.15, 0.2) is 0 Å². The summed E-state index contributed by atoms with van der Waals surface area (Å²) in [7, 11) is 0. The number of carbonyl (C=O) groups is 1. The molecule has 2 aromatic rings. The first-order chi connectivity index (χ1) is 9.49. The molecule has 0 bridgehead atoms. The summed E-state index contributed by atoms with van der Waals surface area (Å²) in [6.07, 6.45) is 0. The lowest BCUT2D eigenvalue weighted by Crippen LogP contribution is -2.02. The van der Waals surface area contributed by atoms with Crippen LogP contribution in [0.4, 0.5) is 17.1 Å². The van der Waals surface area contributed by atoms with Crippen LogP contribution in [0.15, 0.2) is 46.9 Å². The molecule has 2 N–H and O–H groups in total. The highest BCUT2D eigenvalue weighted by Gasteiger charge is 2.17. The second-order valence-electron chi connectivity index (χ2n) is 3.90. The molecule has 0 saturated carbocycles. The molecule has 0 unspecified atom stereocenters. The summed E-state index contributed by atoms with van der Waals surface area (Å²) < 4.78 is 0.747. The third-order valence-electron chi connectivity index (χ3n) is 2.58. The molecule has 0 amide bonds. The van der Waals surface area contributed by atoms with Crippen LogP contribution in [0.2, 0.25) is 0 Å². The maximum atomic E-state index is 11.0. The van der Waals surface area contributed by atoms with Crippen LogP contribution in [0.5, 0.6) is 0 Å². The average molecular weight is 337 g/mol. The highest BCUT2D eigenvalue weighted by Crippen LogP contribution is 2.31. The first-order valence-electron chi connectivity index (χ1n) is 5.52. The van der Waals surface area contributed by atoms with Gasteiger partial charge in [-0.1, -0.05) is 12.1 Å². The summed E-state index contributed by atoms with van der Waals surface area (Å²) in [5.74, 6) is -1.21. The summed E-state index contributed by atoms with van der Waals surface area (Å²) in [4.78, 5) is 21.3. The van der Waals surface area contributed by atoms with Gasteiger partial charge in [-0.2, -0.15) is 0 Å². The van der Waals surface area contributed by atoms with Crippen molar-refractivity contribution in [1.82, 2.24) is 0 Å². The Bertz CT molecular complexity index is 688. The lowest BCUT2D eigenvalue weighted by molar-refractivity contribution is -0.383. The highest BCUT2D eigenvalue weighted by atomic mass is 79.9. The lowest BCUT2D eigenvalue weighted by Gasteiger charge is -2.09. The molecule has 0 aliphatic heterocycles. The molecule has 0 aromatic heterocycles. The third-order valence-corrected chi connectivity index (χ3v) is 3.28. The minimum Gasteiger partial charge on any atom is -0.478 e. The van der Waals surface area contributed by atoms with Gasteiger partial charge in [0.1, 0.15) is 5.69 Å². The third kappa shape index (κ3) is 2.94. The molecule has 0 saturated heterocycles.